The molecule has 1 unspecified atom stereocenters. The summed E-state index contributed by atoms with van der Waals surface area (Å²) in [5.41, 5.74) is 0.0994. The standard InChI is InChI=1S/C7H9N3O4S/c1-14-7(13)5(3-11)9-6(12)4-2-8-15-10-4/h2,5,11H,3H2,1H3,(H,9,12). The summed E-state index contributed by atoms with van der Waals surface area (Å²) in [7, 11) is 1.17. The highest BCUT2D eigenvalue weighted by atomic mass is 32.1. The highest BCUT2D eigenvalue weighted by Gasteiger charge is 2.21. The number of hydrogen-bond acceptors (Lipinski definition) is 7. The Bertz CT molecular complexity index is 340. The predicted molar refractivity (Wildman–Crippen MR) is 50.3 cm³/mol. The van der Waals surface area contributed by atoms with Crippen LogP contribution in [0, 0.1) is 0 Å². The molecule has 0 radical (unpaired) electrons. The number of aliphatic hydroxyl groups excluding tert-OH is 1. The van der Waals surface area contributed by atoms with Gasteiger partial charge < -0.3 is 15.2 Å². The third kappa shape index (κ3) is 2.96. The third-order valence-electron chi connectivity index (χ3n) is 1.57. The van der Waals surface area contributed by atoms with Crippen molar-refractivity contribution in [2.75, 3.05) is 13.7 Å². The van der Waals surface area contributed by atoms with Crippen LogP contribution in [0.25, 0.3) is 0 Å². The molecule has 7 nitrogen and oxygen atoms in total. The van der Waals surface area contributed by atoms with E-state index in [2.05, 4.69) is 18.8 Å². The summed E-state index contributed by atoms with van der Waals surface area (Å²) in [4.78, 5) is 22.4. The second-order valence-electron chi connectivity index (χ2n) is 2.52. The molecule has 2 N–H and O–H groups in total. The van der Waals surface area contributed by atoms with E-state index < -0.39 is 24.5 Å². The average molecular weight is 231 g/mol. The number of ether oxygens (including phenoxy) is 1. The Morgan fingerprint density at radius 2 is 2.47 bits per heavy atom. The maximum absolute atomic E-state index is 11.4. The second kappa shape index (κ2) is 5.37. The molecule has 1 atom stereocenters. The molecular formula is C7H9N3O4S. The molecule has 0 aliphatic rings. The number of aliphatic hydroxyl groups is 1. The van der Waals surface area contributed by atoms with Crippen molar-refractivity contribution >= 4 is 23.6 Å². The summed E-state index contributed by atoms with van der Waals surface area (Å²) >= 11 is 0.877. The first-order valence-corrected chi connectivity index (χ1v) is 4.69. The van der Waals surface area contributed by atoms with Crippen molar-refractivity contribution in [1.29, 1.82) is 0 Å². The molecule has 0 fully saturated rings. The number of amides is 1. The van der Waals surface area contributed by atoms with Crippen LogP contribution < -0.4 is 5.32 Å². The number of rotatable bonds is 4. The monoisotopic (exact) mass is 231 g/mol. The minimum Gasteiger partial charge on any atom is -0.467 e. The van der Waals surface area contributed by atoms with E-state index in [9.17, 15) is 9.59 Å². The van der Waals surface area contributed by atoms with E-state index in [1.165, 1.54) is 13.3 Å². The van der Waals surface area contributed by atoms with Crippen molar-refractivity contribution in [3.05, 3.63) is 11.9 Å². The van der Waals surface area contributed by atoms with Crippen molar-refractivity contribution in [3.63, 3.8) is 0 Å². The predicted octanol–water partition coefficient (Wildman–Crippen LogP) is -1.20. The molecule has 0 bridgehead atoms. The summed E-state index contributed by atoms with van der Waals surface area (Å²) in [6, 6.07) is -1.08. The first kappa shape index (κ1) is 11.5. The molecule has 1 amide bonds. The lowest BCUT2D eigenvalue weighted by Crippen LogP contribution is -2.44. The Morgan fingerprint density at radius 1 is 1.73 bits per heavy atom. The van der Waals surface area contributed by atoms with E-state index in [1.54, 1.807) is 0 Å². The van der Waals surface area contributed by atoms with Gasteiger partial charge in [0.25, 0.3) is 5.91 Å². The molecule has 1 aromatic heterocycles. The number of esters is 1. The molecule has 1 aromatic rings. The Hall–Kier alpha value is -1.54. The van der Waals surface area contributed by atoms with Gasteiger partial charge in [0.1, 0.15) is 0 Å². The summed E-state index contributed by atoms with van der Waals surface area (Å²) in [5.74, 6) is -1.29. The number of nitrogens with one attached hydrogen (secondary N) is 1. The van der Waals surface area contributed by atoms with Gasteiger partial charge in [0.2, 0.25) is 0 Å². The van der Waals surface area contributed by atoms with Gasteiger partial charge in [0.05, 0.1) is 31.6 Å². The molecule has 8 heteroatoms. The van der Waals surface area contributed by atoms with Crippen molar-refractivity contribution in [2.24, 2.45) is 0 Å². The van der Waals surface area contributed by atoms with E-state index in [0.29, 0.717) is 0 Å². The smallest absolute Gasteiger partial charge is 0.330 e. The number of aromatic nitrogens is 2. The van der Waals surface area contributed by atoms with Gasteiger partial charge >= 0.3 is 5.97 Å². The van der Waals surface area contributed by atoms with Crippen LogP contribution in [0.1, 0.15) is 10.5 Å². The second-order valence-corrected chi connectivity index (χ2v) is 3.08. The van der Waals surface area contributed by atoms with Crippen LogP contribution >= 0.6 is 11.7 Å². The van der Waals surface area contributed by atoms with E-state index in [0.717, 1.165) is 11.7 Å². The topological polar surface area (TPSA) is 101 Å². The Morgan fingerprint density at radius 3 is 2.93 bits per heavy atom. The van der Waals surface area contributed by atoms with Crippen LogP contribution in [0.15, 0.2) is 6.20 Å². The number of carbonyl (C=O) groups excluding carboxylic acids is 2. The van der Waals surface area contributed by atoms with Crippen molar-refractivity contribution in [3.8, 4) is 0 Å². The number of methoxy groups -OCH3 is 1. The molecule has 0 saturated heterocycles. The van der Waals surface area contributed by atoms with Crippen molar-refractivity contribution in [1.82, 2.24) is 14.1 Å². The first-order chi connectivity index (χ1) is 7.19. The number of nitrogens with zero attached hydrogens (tertiary/aromatic N) is 2. The zero-order valence-corrected chi connectivity index (χ0v) is 8.65. The van der Waals surface area contributed by atoms with Gasteiger partial charge in [-0.15, -0.1) is 0 Å². The molecule has 0 spiro atoms. The number of hydrogen-bond donors (Lipinski definition) is 2. The molecule has 0 saturated carbocycles. The van der Waals surface area contributed by atoms with Crippen molar-refractivity contribution < 1.29 is 19.4 Å². The third-order valence-corrected chi connectivity index (χ3v) is 2.05. The molecule has 0 aromatic carbocycles. The van der Waals surface area contributed by atoms with Crippen LogP contribution in [-0.2, 0) is 9.53 Å². The molecule has 82 valence electrons. The zero-order chi connectivity index (χ0) is 11.3. The minimum atomic E-state index is -1.08. The Kier molecular flexibility index (Phi) is 4.13. The maximum atomic E-state index is 11.4. The summed E-state index contributed by atoms with van der Waals surface area (Å²) < 4.78 is 11.7. The normalized spacial score (nSPS) is 11.9. The van der Waals surface area contributed by atoms with Crippen molar-refractivity contribution in [2.45, 2.75) is 6.04 Å². The minimum absolute atomic E-state index is 0.0994. The zero-order valence-electron chi connectivity index (χ0n) is 7.84. The largest absolute Gasteiger partial charge is 0.467 e. The summed E-state index contributed by atoms with van der Waals surface area (Å²) in [5, 5.41) is 11.1. The maximum Gasteiger partial charge on any atom is 0.330 e. The first-order valence-electron chi connectivity index (χ1n) is 3.96. The molecule has 0 aliphatic heterocycles. The molecule has 15 heavy (non-hydrogen) atoms. The van der Waals surface area contributed by atoms with Crippen LogP contribution in [0.3, 0.4) is 0 Å². The highest BCUT2D eigenvalue weighted by molar-refractivity contribution is 6.99. The van der Waals surface area contributed by atoms with E-state index in [4.69, 9.17) is 5.11 Å². The summed E-state index contributed by atoms with van der Waals surface area (Å²) in [6.07, 6.45) is 1.27. The van der Waals surface area contributed by atoms with Crippen LogP contribution in [0.4, 0.5) is 0 Å². The fourth-order valence-corrected chi connectivity index (χ4v) is 1.23. The van der Waals surface area contributed by atoms with Crippen LogP contribution in [0.5, 0.6) is 0 Å². The van der Waals surface area contributed by atoms with E-state index in [-0.39, 0.29) is 5.69 Å². The SMILES string of the molecule is COC(=O)C(CO)NC(=O)c1cnsn1. The van der Waals surface area contributed by atoms with Gasteiger partial charge in [-0.25, -0.2) is 4.79 Å². The molecule has 1 heterocycles. The quantitative estimate of drug-likeness (QED) is 0.631. The molecule has 1 rings (SSSR count). The van der Waals surface area contributed by atoms with Gasteiger partial charge in [-0.1, -0.05) is 0 Å². The Balaban J connectivity index is 2.60. The lowest BCUT2D eigenvalue weighted by Gasteiger charge is -2.12. The average Bonchev–Trinajstić information content (AvgIpc) is 2.77. The lowest BCUT2D eigenvalue weighted by atomic mass is 10.3. The van der Waals surface area contributed by atoms with Gasteiger partial charge in [0, 0.05) is 0 Å². The Labute approximate surface area is 89.4 Å². The molecule has 0 aliphatic carbocycles. The van der Waals surface area contributed by atoms with Gasteiger partial charge in [0.15, 0.2) is 11.7 Å². The van der Waals surface area contributed by atoms with Gasteiger partial charge in [-0.2, -0.15) is 8.75 Å². The summed E-state index contributed by atoms with van der Waals surface area (Å²) in [6.45, 7) is -0.532. The van der Waals surface area contributed by atoms with Gasteiger partial charge in [-0.05, 0) is 0 Å². The van der Waals surface area contributed by atoms with E-state index in [1.807, 2.05) is 0 Å². The van der Waals surface area contributed by atoms with Crippen LogP contribution in [-0.4, -0.2) is 45.5 Å². The fraction of sp³-hybridized carbons (Fsp3) is 0.429. The van der Waals surface area contributed by atoms with Crippen LogP contribution in [0.2, 0.25) is 0 Å². The highest BCUT2D eigenvalue weighted by Crippen LogP contribution is 1.96. The van der Waals surface area contributed by atoms with E-state index >= 15 is 0 Å². The van der Waals surface area contributed by atoms with Gasteiger partial charge in [-0.3, -0.25) is 4.79 Å². The molecular weight excluding hydrogens is 222 g/mol. The number of carbonyl (C=O) groups is 2. The lowest BCUT2D eigenvalue weighted by molar-refractivity contribution is -0.143. The fourth-order valence-electron chi connectivity index (χ4n) is 0.818.